The van der Waals surface area contributed by atoms with Crippen molar-refractivity contribution in [2.75, 3.05) is 0 Å². The van der Waals surface area contributed by atoms with Crippen LogP contribution in [0.25, 0.3) is 0 Å². The Morgan fingerprint density at radius 2 is 1.81 bits per heavy atom. The van der Waals surface area contributed by atoms with Gasteiger partial charge in [-0.25, -0.2) is 8.42 Å². The van der Waals surface area contributed by atoms with Gasteiger partial charge in [0.1, 0.15) is 0 Å². The Kier molecular flexibility index (Phi) is 4.67. The zero-order valence-electron chi connectivity index (χ0n) is 12.4. The van der Waals surface area contributed by atoms with Gasteiger partial charge in [-0.15, -0.1) is 0 Å². The molecule has 0 aliphatic carbocycles. The quantitative estimate of drug-likeness (QED) is 0.848. The van der Waals surface area contributed by atoms with Gasteiger partial charge in [0.25, 0.3) is 0 Å². The number of pyridine rings is 1. The molecule has 6 heteroatoms. The van der Waals surface area contributed by atoms with Crippen LogP contribution in [0, 0.1) is 6.92 Å². The van der Waals surface area contributed by atoms with Crippen LogP contribution < -0.4 is 0 Å². The van der Waals surface area contributed by atoms with Crippen molar-refractivity contribution in [3.63, 3.8) is 0 Å². The summed E-state index contributed by atoms with van der Waals surface area (Å²) < 4.78 is 24.4. The summed E-state index contributed by atoms with van der Waals surface area (Å²) in [5.74, 6) is 0.193. The predicted octanol–water partition coefficient (Wildman–Crippen LogP) is 2.42. The van der Waals surface area contributed by atoms with Crippen LogP contribution in [0.15, 0.2) is 30.5 Å². The molecular weight excluding hydrogens is 286 g/mol. The van der Waals surface area contributed by atoms with Crippen molar-refractivity contribution in [2.24, 2.45) is 0 Å². The number of hydrogen-bond acceptors (Lipinski definition) is 5. The van der Waals surface area contributed by atoms with Gasteiger partial charge >= 0.3 is 0 Å². The van der Waals surface area contributed by atoms with E-state index in [-0.39, 0.29) is 11.5 Å². The van der Waals surface area contributed by atoms with Gasteiger partial charge in [-0.1, -0.05) is 19.9 Å². The van der Waals surface area contributed by atoms with Gasteiger partial charge in [0.05, 0.1) is 22.9 Å². The van der Waals surface area contributed by atoms with Crippen LogP contribution in [0.3, 0.4) is 0 Å². The normalized spacial score (nSPS) is 11.8. The summed E-state index contributed by atoms with van der Waals surface area (Å²) in [5.41, 5.74) is 2.89. The molecule has 21 heavy (non-hydrogen) atoms. The Bertz CT molecular complexity index is 693. The molecule has 2 rings (SSSR count). The van der Waals surface area contributed by atoms with Gasteiger partial charge in [-0.3, -0.25) is 4.98 Å². The number of aromatic nitrogens is 3. The van der Waals surface area contributed by atoms with Crippen molar-refractivity contribution in [3.8, 4) is 0 Å². The molecule has 0 bridgehead atoms. The molecule has 0 aliphatic heterocycles. The lowest BCUT2D eigenvalue weighted by Crippen LogP contribution is -2.10. The highest BCUT2D eigenvalue weighted by molar-refractivity contribution is 7.89. The summed E-state index contributed by atoms with van der Waals surface area (Å²) >= 11 is 0. The minimum absolute atomic E-state index is 0.0338. The zero-order valence-corrected chi connectivity index (χ0v) is 13.3. The van der Waals surface area contributed by atoms with E-state index in [9.17, 15) is 8.42 Å². The molecule has 0 spiro atoms. The summed E-state index contributed by atoms with van der Waals surface area (Å²) in [5, 5.41) is 7.77. The monoisotopic (exact) mass is 305 g/mol. The second-order valence-electron chi connectivity index (χ2n) is 5.44. The lowest BCUT2D eigenvalue weighted by Gasteiger charge is -2.07. The molecule has 0 amide bonds. The molecule has 0 saturated heterocycles. The lowest BCUT2D eigenvalue weighted by atomic mass is 10.1. The van der Waals surface area contributed by atoms with Crippen LogP contribution in [-0.2, 0) is 21.3 Å². The average molecular weight is 305 g/mol. The highest BCUT2D eigenvalue weighted by Gasteiger charge is 2.15. The third-order valence-corrected chi connectivity index (χ3v) is 4.56. The first kappa shape index (κ1) is 15.6. The van der Waals surface area contributed by atoms with Crippen LogP contribution >= 0.6 is 0 Å². The SMILES string of the molecule is Cc1ccc(CS(=O)(=O)Cc2ccc(C(C)C)nc2)nn1. The predicted molar refractivity (Wildman–Crippen MR) is 81.4 cm³/mol. The number of rotatable bonds is 5. The zero-order chi connectivity index (χ0) is 15.5. The van der Waals surface area contributed by atoms with Crippen LogP contribution in [-0.4, -0.2) is 23.6 Å². The summed E-state index contributed by atoms with van der Waals surface area (Å²) in [6.45, 7) is 5.91. The van der Waals surface area contributed by atoms with Crippen LogP contribution in [0.4, 0.5) is 0 Å². The van der Waals surface area contributed by atoms with E-state index >= 15 is 0 Å². The van der Waals surface area contributed by atoms with Crippen molar-refractivity contribution in [1.29, 1.82) is 0 Å². The van der Waals surface area contributed by atoms with E-state index in [1.54, 1.807) is 18.3 Å². The number of hydrogen-bond donors (Lipinski definition) is 0. The van der Waals surface area contributed by atoms with E-state index in [0.717, 1.165) is 11.4 Å². The number of aryl methyl sites for hydroxylation is 1. The maximum absolute atomic E-state index is 12.2. The van der Waals surface area contributed by atoms with Gasteiger partial charge in [0.15, 0.2) is 9.84 Å². The smallest absolute Gasteiger partial charge is 0.160 e. The Hall–Kier alpha value is -1.82. The minimum Gasteiger partial charge on any atom is -0.261 e. The molecule has 0 radical (unpaired) electrons. The first-order chi connectivity index (χ1) is 9.85. The first-order valence-electron chi connectivity index (χ1n) is 6.80. The Morgan fingerprint density at radius 1 is 1.05 bits per heavy atom. The van der Waals surface area contributed by atoms with Crippen molar-refractivity contribution < 1.29 is 8.42 Å². The molecule has 0 aliphatic rings. The highest BCUT2D eigenvalue weighted by atomic mass is 32.2. The van der Waals surface area contributed by atoms with Crippen LogP contribution in [0.5, 0.6) is 0 Å². The molecule has 2 aromatic heterocycles. The summed E-state index contributed by atoms with van der Waals surface area (Å²) in [4.78, 5) is 4.29. The van der Waals surface area contributed by atoms with Crippen LogP contribution in [0.2, 0.25) is 0 Å². The van der Waals surface area contributed by atoms with Gasteiger partial charge in [0, 0.05) is 11.9 Å². The van der Waals surface area contributed by atoms with Crippen LogP contribution in [0.1, 0.15) is 42.4 Å². The molecule has 112 valence electrons. The fourth-order valence-corrected chi connectivity index (χ4v) is 3.28. The molecule has 0 atom stereocenters. The maximum Gasteiger partial charge on any atom is 0.160 e. The van der Waals surface area contributed by atoms with E-state index < -0.39 is 9.84 Å². The largest absolute Gasteiger partial charge is 0.261 e. The third kappa shape index (κ3) is 4.60. The number of nitrogens with zero attached hydrogens (tertiary/aromatic N) is 3. The molecule has 0 saturated carbocycles. The third-order valence-electron chi connectivity index (χ3n) is 3.05. The molecule has 0 N–H and O–H groups in total. The van der Waals surface area contributed by atoms with Crippen molar-refractivity contribution >= 4 is 9.84 Å². The Labute approximate surface area is 125 Å². The molecule has 2 heterocycles. The van der Waals surface area contributed by atoms with Gasteiger partial charge in [0.2, 0.25) is 0 Å². The maximum atomic E-state index is 12.2. The molecule has 2 aromatic rings. The summed E-state index contributed by atoms with van der Waals surface area (Å²) in [7, 11) is -3.28. The van der Waals surface area contributed by atoms with Gasteiger partial charge in [-0.05, 0) is 36.6 Å². The standard InChI is InChI=1S/C15H19N3O2S/c1-11(2)15-7-5-13(8-16-15)9-21(19,20)10-14-6-4-12(3)17-18-14/h4-8,11H,9-10H2,1-3H3. The molecule has 5 nitrogen and oxygen atoms in total. The summed E-state index contributed by atoms with van der Waals surface area (Å²) in [6, 6.07) is 7.15. The molecule has 0 aromatic carbocycles. The molecule has 0 unspecified atom stereocenters. The fraction of sp³-hybridized carbons (Fsp3) is 0.400. The topological polar surface area (TPSA) is 72.8 Å². The lowest BCUT2D eigenvalue weighted by molar-refractivity contribution is 0.593. The first-order valence-corrected chi connectivity index (χ1v) is 8.62. The van der Waals surface area contributed by atoms with E-state index in [0.29, 0.717) is 17.2 Å². The van der Waals surface area contributed by atoms with E-state index in [1.165, 1.54) is 0 Å². The van der Waals surface area contributed by atoms with Crippen molar-refractivity contribution in [2.45, 2.75) is 38.2 Å². The minimum atomic E-state index is -3.28. The van der Waals surface area contributed by atoms with E-state index in [4.69, 9.17) is 0 Å². The summed E-state index contributed by atoms with van der Waals surface area (Å²) in [6.07, 6.45) is 1.63. The molecule has 0 fully saturated rings. The second-order valence-corrected chi connectivity index (χ2v) is 7.51. The Morgan fingerprint density at radius 3 is 2.33 bits per heavy atom. The van der Waals surface area contributed by atoms with E-state index in [1.807, 2.05) is 19.1 Å². The highest BCUT2D eigenvalue weighted by Crippen LogP contribution is 2.14. The van der Waals surface area contributed by atoms with Gasteiger partial charge < -0.3 is 0 Å². The van der Waals surface area contributed by atoms with Gasteiger partial charge in [-0.2, -0.15) is 10.2 Å². The second kappa shape index (κ2) is 6.30. The molecular formula is C15H19N3O2S. The average Bonchev–Trinajstić information content (AvgIpc) is 2.41. The number of sulfone groups is 1. The Balaban J connectivity index is 2.08. The van der Waals surface area contributed by atoms with Crippen molar-refractivity contribution in [3.05, 3.63) is 53.1 Å². The van der Waals surface area contributed by atoms with E-state index in [2.05, 4.69) is 29.0 Å². The van der Waals surface area contributed by atoms with Crippen molar-refractivity contribution in [1.82, 2.24) is 15.2 Å². The fourth-order valence-electron chi connectivity index (χ4n) is 1.90.